The van der Waals surface area contributed by atoms with E-state index in [2.05, 4.69) is 0 Å². The topological polar surface area (TPSA) is 63.7 Å². The Morgan fingerprint density at radius 1 is 1.38 bits per heavy atom. The third kappa shape index (κ3) is 5.47. The van der Waals surface area contributed by atoms with Gasteiger partial charge in [0.05, 0.1) is 28.2 Å². The van der Waals surface area contributed by atoms with E-state index in [4.69, 9.17) is 27.0 Å². The van der Waals surface area contributed by atoms with Gasteiger partial charge >= 0.3 is 0 Å². The molecule has 1 aromatic carbocycles. The van der Waals surface area contributed by atoms with Crippen molar-refractivity contribution >= 4 is 37.2 Å². The number of carbonyl (C=O) groups excluding carboxylic acids is 1. The minimum Gasteiger partial charge on any atom is -0.377 e. The third-order valence-electron chi connectivity index (χ3n) is 2.67. The second-order valence-electron chi connectivity index (χ2n) is 4.73. The summed E-state index contributed by atoms with van der Waals surface area (Å²) in [5, 5.41) is 0.167. The number of rotatable bonds is 6. The van der Waals surface area contributed by atoms with Crippen LogP contribution in [-0.2, 0) is 13.8 Å². The van der Waals surface area contributed by atoms with Gasteiger partial charge in [-0.1, -0.05) is 11.6 Å². The molecule has 21 heavy (non-hydrogen) atoms. The van der Waals surface area contributed by atoms with Crippen LogP contribution >= 0.6 is 22.3 Å². The van der Waals surface area contributed by atoms with Crippen molar-refractivity contribution in [1.82, 2.24) is 4.90 Å². The summed E-state index contributed by atoms with van der Waals surface area (Å²) < 4.78 is 28.0. The predicted octanol–water partition coefficient (Wildman–Crippen LogP) is 2.76. The van der Waals surface area contributed by atoms with Crippen molar-refractivity contribution in [3.63, 3.8) is 0 Å². The van der Waals surface area contributed by atoms with Gasteiger partial charge < -0.3 is 9.64 Å². The molecule has 0 aliphatic rings. The van der Waals surface area contributed by atoms with E-state index in [-0.39, 0.29) is 21.6 Å². The Morgan fingerprint density at radius 2 is 2.00 bits per heavy atom. The molecule has 0 fully saturated rings. The number of ether oxygens (including phenoxy) is 1. The zero-order valence-corrected chi connectivity index (χ0v) is 14.3. The molecule has 5 nitrogen and oxygen atoms in total. The minimum absolute atomic E-state index is 0.0711. The largest absolute Gasteiger partial charge is 0.377 e. The summed E-state index contributed by atoms with van der Waals surface area (Å²) in [6.45, 7) is 4.54. The Labute approximate surface area is 134 Å². The lowest BCUT2D eigenvalue weighted by Gasteiger charge is -2.19. The lowest BCUT2D eigenvalue weighted by Crippen LogP contribution is -2.31. The number of amides is 1. The van der Waals surface area contributed by atoms with Gasteiger partial charge in [0.1, 0.15) is 0 Å². The first-order chi connectivity index (χ1) is 9.62. The summed E-state index contributed by atoms with van der Waals surface area (Å²) in [6.07, 6.45) is 0.0711. The molecule has 1 rings (SSSR count). The monoisotopic (exact) mass is 353 g/mol. The summed E-state index contributed by atoms with van der Waals surface area (Å²) in [5.41, 5.74) is 0.0884. The Morgan fingerprint density at radius 3 is 2.52 bits per heavy atom. The summed E-state index contributed by atoms with van der Waals surface area (Å²) in [5.74, 6) is -0.394. The molecule has 0 N–H and O–H groups in total. The predicted molar refractivity (Wildman–Crippen MR) is 82.5 cm³/mol. The third-order valence-corrected chi connectivity index (χ3v) is 4.36. The Balaban J connectivity index is 2.91. The quantitative estimate of drug-likeness (QED) is 0.737. The highest BCUT2D eigenvalue weighted by Crippen LogP contribution is 2.23. The van der Waals surface area contributed by atoms with Gasteiger partial charge in [0.2, 0.25) is 0 Å². The van der Waals surface area contributed by atoms with E-state index in [9.17, 15) is 13.2 Å². The Bertz CT molecular complexity index is 617. The number of benzene rings is 1. The maximum Gasteiger partial charge on any atom is 0.261 e. The molecular weight excluding hydrogens is 337 g/mol. The van der Waals surface area contributed by atoms with Crippen LogP contribution in [0.2, 0.25) is 5.02 Å². The molecule has 0 saturated heterocycles. The first-order valence-corrected chi connectivity index (χ1v) is 8.93. The highest BCUT2D eigenvalue weighted by atomic mass is 35.7. The standard InChI is InChI=1S/C13H17Cl2NO4S/c1-9(2)20-7-6-16(3)13(17)11-8-10(21(15,18)19)4-5-12(11)14/h4-5,8-9H,6-7H2,1-3H3. The van der Waals surface area contributed by atoms with Crippen LogP contribution in [0.25, 0.3) is 0 Å². The van der Waals surface area contributed by atoms with Crippen molar-refractivity contribution in [1.29, 1.82) is 0 Å². The maximum absolute atomic E-state index is 12.3. The van der Waals surface area contributed by atoms with Gasteiger partial charge in [-0.3, -0.25) is 4.79 Å². The van der Waals surface area contributed by atoms with Crippen LogP contribution < -0.4 is 0 Å². The fourth-order valence-corrected chi connectivity index (χ4v) is 2.53. The summed E-state index contributed by atoms with van der Waals surface area (Å²) in [6, 6.07) is 3.76. The summed E-state index contributed by atoms with van der Waals surface area (Å²) >= 11 is 5.95. The normalized spacial score (nSPS) is 11.7. The van der Waals surface area contributed by atoms with Gasteiger partial charge in [-0.15, -0.1) is 0 Å². The molecule has 1 amide bonds. The van der Waals surface area contributed by atoms with E-state index in [0.717, 1.165) is 0 Å². The van der Waals surface area contributed by atoms with Crippen molar-refractivity contribution in [2.75, 3.05) is 20.2 Å². The van der Waals surface area contributed by atoms with Crippen LogP contribution in [0.1, 0.15) is 24.2 Å². The van der Waals surface area contributed by atoms with Gasteiger partial charge in [0, 0.05) is 24.3 Å². The minimum atomic E-state index is -3.91. The van der Waals surface area contributed by atoms with Crippen LogP contribution in [0.15, 0.2) is 23.1 Å². The zero-order valence-electron chi connectivity index (χ0n) is 12.0. The first-order valence-electron chi connectivity index (χ1n) is 6.24. The molecule has 0 aromatic heterocycles. The van der Waals surface area contributed by atoms with E-state index in [1.165, 1.54) is 23.1 Å². The highest BCUT2D eigenvalue weighted by molar-refractivity contribution is 8.13. The van der Waals surface area contributed by atoms with Crippen LogP contribution in [0, 0.1) is 0 Å². The van der Waals surface area contributed by atoms with Gasteiger partial charge in [0.15, 0.2) is 0 Å². The van der Waals surface area contributed by atoms with Crippen LogP contribution in [0.4, 0.5) is 0 Å². The van der Waals surface area contributed by atoms with Crippen molar-refractivity contribution in [2.24, 2.45) is 0 Å². The van der Waals surface area contributed by atoms with E-state index in [1.54, 1.807) is 7.05 Å². The zero-order chi connectivity index (χ0) is 16.2. The smallest absolute Gasteiger partial charge is 0.261 e. The summed E-state index contributed by atoms with van der Waals surface area (Å²) in [7, 11) is 2.95. The van der Waals surface area contributed by atoms with Crippen LogP contribution in [-0.4, -0.2) is 45.5 Å². The number of nitrogens with zero attached hydrogens (tertiary/aromatic N) is 1. The Kier molecular flexibility index (Phi) is 6.46. The molecule has 0 aliphatic carbocycles. The average molecular weight is 354 g/mol. The number of likely N-dealkylation sites (N-methyl/N-ethyl adjacent to an activating group) is 1. The molecule has 0 aliphatic heterocycles. The van der Waals surface area contributed by atoms with Gasteiger partial charge in [0.25, 0.3) is 15.0 Å². The molecule has 1 aromatic rings. The number of halogens is 2. The van der Waals surface area contributed by atoms with E-state index < -0.39 is 15.0 Å². The Hall–Kier alpha value is -0.820. The van der Waals surface area contributed by atoms with Crippen molar-refractivity contribution in [3.8, 4) is 0 Å². The van der Waals surface area contributed by atoms with Crippen LogP contribution in [0.5, 0.6) is 0 Å². The van der Waals surface area contributed by atoms with E-state index in [1.807, 2.05) is 13.8 Å². The second kappa shape index (κ2) is 7.45. The van der Waals surface area contributed by atoms with Crippen molar-refractivity contribution in [2.45, 2.75) is 24.8 Å². The number of hydrogen-bond acceptors (Lipinski definition) is 4. The molecule has 0 saturated carbocycles. The molecule has 0 radical (unpaired) electrons. The van der Waals surface area contributed by atoms with Gasteiger partial charge in [-0.05, 0) is 32.0 Å². The fourth-order valence-electron chi connectivity index (χ4n) is 1.55. The maximum atomic E-state index is 12.3. The molecule has 0 unspecified atom stereocenters. The lowest BCUT2D eigenvalue weighted by molar-refractivity contribution is 0.0532. The molecule has 0 heterocycles. The highest BCUT2D eigenvalue weighted by Gasteiger charge is 2.19. The second-order valence-corrected chi connectivity index (χ2v) is 7.70. The average Bonchev–Trinajstić information content (AvgIpc) is 2.36. The van der Waals surface area contributed by atoms with Crippen LogP contribution in [0.3, 0.4) is 0 Å². The number of hydrogen-bond donors (Lipinski definition) is 0. The fraction of sp³-hybridized carbons (Fsp3) is 0.462. The van der Waals surface area contributed by atoms with Crippen molar-refractivity contribution in [3.05, 3.63) is 28.8 Å². The van der Waals surface area contributed by atoms with Gasteiger partial charge in [-0.25, -0.2) is 8.42 Å². The first kappa shape index (κ1) is 18.2. The SMILES string of the molecule is CC(C)OCCN(C)C(=O)c1cc(S(=O)(=O)Cl)ccc1Cl. The molecule has 8 heteroatoms. The van der Waals surface area contributed by atoms with E-state index in [0.29, 0.717) is 13.2 Å². The molecule has 118 valence electrons. The summed E-state index contributed by atoms with van der Waals surface area (Å²) in [4.78, 5) is 13.5. The van der Waals surface area contributed by atoms with Crippen molar-refractivity contribution < 1.29 is 17.9 Å². The lowest BCUT2D eigenvalue weighted by atomic mass is 10.2. The molecular formula is C13H17Cl2NO4S. The molecule has 0 spiro atoms. The molecule has 0 atom stereocenters. The van der Waals surface area contributed by atoms with E-state index >= 15 is 0 Å². The van der Waals surface area contributed by atoms with Gasteiger partial charge in [-0.2, -0.15) is 0 Å². The molecule has 0 bridgehead atoms. The number of carbonyl (C=O) groups is 1.